The van der Waals surface area contributed by atoms with Gasteiger partial charge in [-0.25, -0.2) is 8.42 Å². The second-order valence-corrected chi connectivity index (χ2v) is 17.2. The largest absolute Gasteiger partial charge is 0.488 e. The fraction of sp³-hybridized carbons (Fsp3) is 0.351. The molecule has 0 heterocycles. The minimum Gasteiger partial charge on any atom is -0.488 e. The lowest BCUT2D eigenvalue weighted by molar-refractivity contribution is 0.105. The highest BCUT2D eigenvalue weighted by molar-refractivity contribution is 7.92. The molecule has 0 spiro atoms. The maximum atomic E-state index is 13.1. The maximum absolute atomic E-state index is 13.1. The quantitative estimate of drug-likeness (QED) is 0.143. The lowest BCUT2D eigenvalue weighted by Crippen LogP contribution is -2.30. The van der Waals surface area contributed by atoms with E-state index in [1.54, 1.807) is 62.4 Å². The molecule has 4 rings (SSSR count). The smallest absolute Gasteiger partial charge is 0.339 e. The third-order valence-electron chi connectivity index (χ3n) is 8.82. The van der Waals surface area contributed by atoms with Crippen LogP contribution in [0.15, 0.2) is 107 Å². The standard InChI is InChI=1S/C37H44O6S2/c1-9-35(3,4)42-31-19-15-29(16-20-31)37(7,8)30-17-21-32(22-18-30)43-45(40,41)34-25-13-28(14-26-34)27-11-23-33(24-12-27)44(38,39)36(5,6)10-2/h11-26H,9-10H2,1-8H3. The Morgan fingerprint density at radius 3 is 1.38 bits per heavy atom. The third-order valence-corrected chi connectivity index (χ3v) is 12.7. The van der Waals surface area contributed by atoms with Gasteiger partial charge < -0.3 is 8.92 Å². The van der Waals surface area contributed by atoms with Gasteiger partial charge in [-0.15, -0.1) is 0 Å². The average Bonchev–Trinajstić information content (AvgIpc) is 3.01. The van der Waals surface area contributed by atoms with Gasteiger partial charge in [0.25, 0.3) is 0 Å². The highest BCUT2D eigenvalue weighted by atomic mass is 32.2. The highest BCUT2D eigenvalue weighted by Crippen LogP contribution is 2.35. The Hall–Kier alpha value is -3.62. The van der Waals surface area contributed by atoms with Crippen LogP contribution in [-0.4, -0.2) is 27.2 Å². The Balaban J connectivity index is 1.45. The molecule has 0 saturated heterocycles. The van der Waals surface area contributed by atoms with Gasteiger partial charge in [0.2, 0.25) is 0 Å². The predicted molar refractivity (Wildman–Crippen MR) is 181 cm³/mol. The summed E-state index contributed by atoms with van der Waals surface area (Å²) in [6.45, 7) is 15.8. The van der Waals surface area contributed by atoms with Gasteiger partial charge in [-0.1, -0.05) is 76.2 Å². The van der Waals surface area contributed by atoms with Crippen LogP contribution in [0.25, 0.3) is 11.1 Å². The van der Waals surface area contributed by atoms with Crippen molar-refractivity contribution in [2.75, 3.05) is 0 Å². The lowest BCUT2D eigenvalue weighted by atomic mass is 9.78. The third kappa shape index (κ3) is 7.45. The summed E-state index contributed by atoms with van der Waals surface area (Å²) in [5.41, 5.74) is 3.08. The van der Waals surface area contributed by atoms with Crippen molar-refractivity contribution >= 4 is 20.0 Å². The van der Waals surface area contributed by atoms with Gasteiger partial charge >= 0.3 is 10.1 Å². The SMILES string of the molecule is CCC(C)(C)Oc1ccc(C(C)(C)c2ccc(OS(=O)(=O)c3ccc(-c4ccc(S(=O)(=O)C(C)(C)CC)cc4)cc3)cc2)cc1. The van der Waals surface area contributed by atoms with Crippen molar-refractivity contribution in [2.45, 2.75) is 93.8 Å². The van der Waals surface area contributed by atoms with E-state index in [0.29, 0.717) is 6.42 Å². The minimum absolute atomic E-state index is 0.0214. The molecule has 8 heteroatoms. The van der Waals surface area contributed by atoms with E-state index >= 15 is 0 Å². The number of benzene rings is 4. The van der Waals surface area contributed by atoms with Crippen LogP contribution in [0.2, 0.25) is 0 Å². The summed E-state index contributed by atoms with van der Waals surface area (Å²) < 4.78 is 62.7. The molecule has 0 amide bonds. The number of ether oxygens (including phenoxy) is 1. The summed E-state index contributed by atoms with van der Waals surface area (Å²) >= 11 is 0. The van der Waals surface area contributed by atoms with E-state index in [-0.39, 0.29) is 26.6 Å². The van der Waals surface area contributed by atoms with Gasteiger partial charge in [0, 0.05) is 5.41 Å². The Bertz CT molecular complexity index is 1820. The number of rotatable bonds is 12. The van der Waals surface area contributed by atoms with Crippen molar-refractivity contribution < 1.29 is 25.8 Å². The van der Waals surface area contributed by atoms with Crippen molar-refractivity contribution in [1.29, 1.82) is 0 Å². The van der Waals surface area contributed by atoms with Crippen molar-refractivity contribution in [1.82, 2.24) is 0 Å². The number of sulfone groups is 1. The van der Waals surface area contributed by atoms with Crippen LogP contribution in [0, 0.1) is 0 Å². The molecule has 0 fully saturated rings. The van der Waals surface area contributed by atoms with Crippen molar-refractivity contribution in [3.05, 3.63) is 108 Å². The second kappa shape index (κ2) is 12.6. The summed E-state index contributed by atoms with van der Waals surface area (Å²) in [6.07, 6.45) is 1.40. The van der Waals surface area contributed by atoms with Gasteiger partial charge in [-0.05, 0) is 111 Å². The van der Waals surface area contributed by atoms with Gasteiger partial charge in [0.05, 0.1) is 9.64 Å². The molecule has 4 aromatic rings. The fourth-order valence-electron chi connectivity index (χ4n) is 4.75. The van der Waals surface area contributed by atoms with Gasteiger partial charge in [0.1, 0.15) is 22.0 Å². The molecule has 0 aromatic heterocycles. The molecule has 0 aliphatic carbocycles. The zero-order valence-electron chi connectivity index (χ0n) is 27.4. The maximum Gasteiger partial charge on any atom is 0.339 e. The first kappa shape index (κ1) is 34.3. The Morgan fingerprint density at radius 2 is 0.956 bits per heavy atom. The Kier molecular flexibility index (Phi) is 9.62. The zero-order valence-corrected chi connectivity index (χ0v) is 29.1. The summed E-state index contributed by atoms with van der Waals surface area (Å²) in [7, 11) is -7.55. The first-order valence-electron chi connectivity index (χ1n) is 15.2. The predicted octanol–water partition coefficient (Wildman–Crippen LogP) is 8.98. The van der Waals surface area contributed by atoms with Crippen LogP contribution >= 0.6 is 0 Å². The van der Waals surface area contributed by atoms with E-state index in [0.717, 1.165) is 34.4 Å². The minimum atomic E-state index is -4.07. The Labute approximate surface area is 269 Å². The molecule has 6 nitrogen and oxygen atoms in total. The molecule has 0 unspecified atom stereocenters. The first-order valence-corrected chi connectivity index (χ1v) is 18.1. The molecule has 4 aromatic carbocycles. The topological polar surface area (TPSA) is 86.7 Å². The fourth-order valence-corrected chi connectivity index (χ4v) is 7.19. The van der Waals surface area contributed by atoms with Crippen LogP contribution in [0.4, 0.5) is 0 Å². The molecule has 0 aliphatic heterocycles. The molecule has 0 N–H and O–H groups in total. The molecule has 0 bridgehead atoms. The van der Waals surface area contributed by atoms with Crippen molar-refractivity contribution in [3.8, 4) is 22.6 Å². The molecular weight excluding hydrogens is 605 g/mol. The summed E-state index contributed by atoms with van der Waals surface area (Å²) in [6, 6.07) is 28.2. The molecular formula is C37H44O6S2. The van der Waals surface area contributed by atoms with Gasteiger partial charge in [-0.2, -0.15) is 8.42 Å². The van der Waals surface area contributed by atoms with Crippen LogP contribution in [0.5, 0.6) is 11.5 Å². The van der Waals surface area contributed by atoms with Crippen LogP contribution in [0.3, 0.4) is 0 Å². The van der Waals surface area contributed by atoms with Crippen LogP contribution < -0.4 is 8.92 Å². The number of hydrogen-bond acceptors (Lipinski definition) is 6. The van der Waals surface area contributed by atoms with Gasteiger partial charge in [0.15, 0.2) is 9.84 Å². The van der Waals surface area contributed by atoms with Gasteiger partial charge in [-0.3, -0.25) is 0 Å². The second-order valence-electron chi connectivity index (χ2n) is 13.1. The van der Waals surface area contributed by atoms with Crippen LogP contribution in [-0.2, 0) is 25.4 Å². The normalized spacial score (nSPS) is 13.0. The highest BCUT2D eigenvalue weighted by Gasteiger charge is 2.34. The molecule has 45 heavy (non-hydrogen) atoms. The lowest BCUT2D eigenvalue weighted by Gasteiger charge is -2.28. The summed E-state index contributed by atoms with van der Waals surface area (Å²) in [5, 5.41) is 0. The van der Waals surface area contributed by atoms with E-state index in [2.05, 4.69) is 46.8 Å². The van der Waals surface area contributed by atoms with Crippen molar-refractivity contribution in [2.24, 2.45) is 0 Å². The van der Waals surface area contributed by atoms with E-state index in [4.69, 9.17) is 8.92 Å². The van der Waals surface area contributed by atoms with Crippen molar-refractivity contribution in [3.63, 3.8) is 0 Å². The van der Waals surface area contributed by atoms with E-state index in [9.17, 15) is 16.8 Å². The first-order chi connectivity index (χ1) is 20.9. The monoisotopic (exact) mass is 648 g/mol. The van der Waals surface area contributed by atoms with E-state index in [1.807, 2.05) is 31.2 Å². The molecule has 240 valence electrons. The van der Waals surface area contributed by atoms with E-state index in [1.165, 1.54) is 12.1 Å². The van der Waals surface area contributed by atoms with Crippen LogP contribution in [0.1, 0.15) is 79.4 Å². The Morgan fingerprint density at radius 1 is 0.533 bits per heavy atom. The summed E-state index contributed by atoms with van der Waals surface area (Å²) in [5.74, 6) is 1.04. The molecule has 0 atom stereocenters. The van der Waals surface area contributed by atoms with E-state index < -0.39 is 24.7 Å². The summed E-state index contributed by atoms with van der Waals surface area (Å²) in [4.78, 5) is 0.284. The molecule has 0 aliphatic rings. The zero-order chi connectivity index (χ0) is 33.3. The molecule has 0 saturated carbocycles. The average molecular weight is 649 g/mol. The number of hydrogen-bond donors (Lipinski definition) is 0. The molecule has 0 radical (unpaired) electrons.